The summed E-state index contributed by atoms with van der Waals surface area (Å²) >= 11 is 0. The highest BCUT2D eigenvalue weighted by molar-refractivity contribution is 5.90. The van der Waals surface area contributed by atoms with Crippen molar-refractivity contribution in [3.05, 3.63) is 42.5 Å². The van der Waals surface area contributed by atoms with E-state index in [0.717, 1.165) is 23.9 Å². The number of fused-ring (bicyclic) bond motifs is 1. The van der Waals surface area contributed by atoms with Crippen LogP contribution >= 0.6 is 0 Å². The second-order valence-electron chi connectivity index (χ2n) is 4.58. The van der Waals surface area contributed by atoms with Gasteiger partial charge in [0.25, 0.3) is 0 Å². The third-order valence-electron chi connectivity index (χ3n) is 3.32. The molecule has 1 amide bonds. The first-order chi connectivity index (χ1) is 9.34. The monoisotopic (exact) mass is 256 g/mol. The van der Waals surface area contributed by atoms with E-state index < -0.39 is 0 Å². The van der Waals surface area contributed by atoms with E-state index >= 15 is 0 Å². The number of rotatable bonds is 1. The van der Waals surface area contributed by atoms with E-state index in [4.69, 9.17) is 4.74 Å². The number of hydrogen-bond acceptors (Lipinski definition) is 3. The van der Waals surface area contributed by atoms with Crippen LogP contribution in [-0.2, 0) is 0 Å². The minimum absolute atomic E-state index is 0.266. The molecule has 1 fully saturated rings. The Hall–Kier alpha value is -2.07. The van der Waals surface area contributed by atoms with Crippen molar-refractivity contribution in [1.82, 2.24) is 10.2 Å². The van der Waals surface area contributed by atoms with Gasteiger partial charge < -0.3 is 15.0 Å². The van der Waals surface area contributed by atoms with Crippen LogP contribution in [0, 0.1) is 0 Å². The van der Waals surface area contributed by atoms with Gasteiger partial charge in [-0.25, -0.2) is 4.79 Å². The Labute approximate surface area is 112 Å². The number of nitrogens with one attached hydrogen (secondary N) is 1. The van der Waals surface area contributed by atoms with E-state index in [1.807, 2.05) is 42.5 Å². The lowest BCUT2D eigenvalue weighted by molar-refractivity contribution is 0.146. The van der Waals surface area contributed by atoms with Gasteiger partial charge in [-0.1, -0.05) is 36.4 Å². The quantitative estimate of drug-likeness (QED) is 0.850. The van der Waals surface area contributed by atoms with Gasteiger partial charge in [-0.2, -0.15) is 0 Å². The Morgan fingerprint density at radius 3 is 2.63 bits per heavy atom. The highest BCUT2D eigenvalue weighted by atomic mass is 16.6. The van der Waals surface area contributed by atoms with Gasteiger partial charge in [-0.05, 0) is 11.5 Å². The second-order valence-corrected chi connectivity index (χ2v) is 4.58. The Morgan fingerprint density at radius 1 is 1.05 bits per heavy atom. The largest absolute Gasteiger partial charge is 0.415 e. The van der Waals surface area contributed by atoms with Crippen molar-refractivity contribution in [3.8, 4) is 5.75 Å². The van der Waals surface area contributed by atoms with Crippen LogP contribution in [0.2, 0.25) is 0 Å². The molecule has 19 heavy (non-hydrogen) atoms. The molecule has 1 heterocycles. The number of piperazine rings is 1. The SMILES string of the molecule is O=C(Oc1cccc2ccccc12)N1CCNCC1. The van der Waals surface area contributed by atoms with Gasteiger partial charge >= 0.3 is 6.09 Å². The predicted molar refractivity (Wildman–Crippen MR) is 74.4 cm³/mol. The average Bonchev–Trinajstić information content (AvgIpc) is 2.48. The molecule has 0 bridgehead atoms. The topological polar surface area (TPSA) is 41.6 Å². The molecule has 0 aromatic heterocycles. The zero-order valence-electron chi connectivity index (χ0n) is 10.6. The van der Waals surface area contributed by atoms with Gasteiger partial charge in [-0.3, -0.25) is 0 Å². The van der Waals surface area contributed by atoms with Crippen LogP contribution in [0.3, 0.4) is 0 Å². The highest BCUT2D eigenvalue weighted by Crippen LogP contribution is 2.25. The lowest BCUT2D eigenvalue weighted by Crippen LogP contribution is -2.47. The van der Waals surface area contributed by atoms with Gasteiger partial charge in [0.1, 0.15) is 5.75 Å². The van der Waals surface area contributed by atoms with Crippen LogP contribution in [0.4, 0.5) is 4.79 Å². The molecule has 4 nitrogen and oxygen atoms in total. The molecular weight excluding hydrogens is 240 g/mol. The lowest BCUT2D eigenvalue weighted by Gasteiger charge is -2.26. The number of amides is 1. The van der Waals surface area contributed by atoms with Crippen molar-refractivity contribution in [3.63, 3.8) is 0 Å². The van der Waals surface area contributed by atoms with Gasteiger partial charge in [0.05, 0.1) is 0 Å². The molecule has 0 radical (unpaired) electrons. The summed E-state index contributed by atoms with van der Waals surface area (Å²) in [5.41, 5.74) is 0. The maximum Gasteiger partial charge on any atom is 0.415 e. The summed E-state index contributed by atoms with van der Waals surface area (Å²) in [6.45, 7) is 3.04. The third-order valence-corrected chi connectivity index (χ3v) is 3.32. The van der Waals surface area contributed by atoms with E-state index in [-0.39, 0.29) is 6.09 Å². The summed E-state index contributed by atoms with van der Waals surface area (Å²) < 4.78 is 5.53. The summed E-state index contributed by atoms with van der Waals surface area (Å²) in [7, 11) is 0. The van der Waals surface area contributed by atoms with Crippen molar-refractivity contribution in [1.29, 1.82) is 0 Å². The van der Waals surface area contributed by atoms with Gasteiger partial charge in [-0.15, -0.1) is 0 Å². The minimum Gasteiger partial charge on any atom is -0.410 e. The van der Waals surface area contributed by atoms with Crippen LogP contribution in [0.5, 0.6) is 5.75 Å². The molecule has 0 unspecified atom stereocenters. The van der Waals surface area contributed by atoms with Gasteiger partial charge in [0.2, 0.25) is 0 Å². The highest BCUT2D eigenvalue weighted by Gasteiger charge is 2.18. The van der Waals surface area contributed by atoms with Crippen LogP contribution in [0.15, 0.2) is 42.5 Å². The Balaban J connectivity index is 1.82. The molecule has 2 aromatic rings. The Bertz CT molecular complexity index is 586. The molecule has 3 rings (SSSR count). The van der Waals surface area contributed by atoms with Gasteiger partial charge in [0.15, 0.2) is 0 Å². The first-order valence-corrected chi connectivity index (χ1v) is 6.50. The second kappa shape index (κ2) is 5.28. The van der Waals surface area contributed by atoms with Crippen molar-refractivity contribution in [2.45, 2.75) is 0 Å². The number of carbonyl (C=O) groups is 1. The van der Waals surface area contributed by atoms with Crippen LogP contribution < -0.4 is 10.1 Å². The zero-order valence-corrected chi connectivity index (χ0v) is 10.6. The summed E-state index contributed by atoms with van der Waals surface area (Å²) in [6, 6.07) is 13.7. The molecule has 1 aliphatic heterocycles. The predicted octanol–water partition coefficient (Wildman–Crippen LogP) is 2.24. The fourth-order valence-electron chi connectivity index (χ4n) is 2.29. The first-order valence-electron chi connectivity index (χ1n) is 6.50. The Kier molecular flexibility index (Phi) is 3.33. The van der Waals surface area contributed by atoms with E-state index in [2.05, 4.69) is 5.32 Å². The van der Waals surface area contributed by atoms with Gasteiger partial charge in [0, 0.05) is 31.6 Å². The normalized spacial score (nSPS) is 15.5. The number of hydrogen-bond donors (Lipinski definition) is 1. The van der Waals surface area contributed by atoms with Crippen LogP contribution in [-0.4, -0.2) is 37.2 Å². The number of ether oxygens (including phenoxy) is 1. The van der Waals surface area contributed by atoms with Crippen molar-refractivity contribution >= 4 is 16.9 Å². The summed E-state index contributed by atoms with van der Waals surface area (Å²) in [5, 5.41) is 5.26. The van der Waals surface area contributed by atoms with Crippen LogP contribution in [0.25, 0.3) is 10.8 Å². The zero-order chi connectivity index (χ0) is 13.1. The summed E-state index contributed by atoms with van der Waals surface area (Å²) in [5.74, 6) is 0.627. The van der Waals surface area contributed by atoms with Crippen LogP contribution in [0.1, 0.15) is 0 Å². The smallest absolute Gasteiger partial charge is 0.410 e. The van der Waals surface area contributed by atoms with E-state index in [0.29, 0.717) is 18.8 Å². The lowest BCUT2D eigenvalue weighted by atomic mass is 10.1. The van der Waals surface area contributed by atoms with Crippen molar-refractivity contribution < 1.29 is 9.53 Å². The molecule has 0 spiro atoms. The fourth-order valence-corrected chi connectivity index (χ4v) is 2.29. The maximum atomic E-state index is 12.1. The fraction of sp³-hybridized carbons (Fsp3) is 0.267. The summed E-state index contributed by atoms with van der Waals surface area (Å²) in [6.07, 6.45) is -0.266. The number of carbonyl (C=O) groups excluding carboxylic acids is 1. The standard InChI is InChI=1S/C15H16N2O2/c18-15(17-10-8-16-9-11-17)19-14-7-3-5-12-4-1-2-6-13(12)14/h1-7,16H,8-11H2. The molecule has 1 saturated heterocycles. The number of nitrogens with zero attached hydrogens (tertiary/aromatic N) is 1. The van der Waals surface area contributed by atoms with E-state index in [1.165, 1.54) is 0 Å². The molecule has 98 valence electrons. The minimum atomic E-state index is -0.266. The Morgan fingerprint density at radius 2 is 1.79 bits per heavy atom. The molecule has 1 aliphatic rings. The third kappa shape index (κ3) is 2.53. The molecule has 2 aromatic carbocycles. The van der Waals surface area contributed by atoms with Crippen molar-refractivity contribution in [2.75, 3.05) is 26.2 Å². The molecule has 1 N–H and O–H groups in total. The average molecular weight is 256 g/mol. The first kappa shape index (κ1) is 12.0. The van der Waals surface area contributed by atoms with Crippen molar-refractivity contribution in [2.24, 2.45) is 0 Å². The molecule has 0 saturated carbocycles. The molecule has 0 aliphatic carbocycles. The van der Waals surface area contributed by atoms with E-state index in [1.54, 1.807) is 4.90 Å². The molecule has 0 atom stereocenters. The van der Waals surface area contributed by atoms with E-state index in [9.17, 15) is 4.79 Å². The molecule has 4 heteroatoms. The number of benzene rings is 2. The summed E-state index contributed by atoms with van der Waals surface area (Å²) in [4.78, 5) is 13.8. The molecular formula is C15H16N2O2. The maximum absolute atomic E-state index is 12.1.